The molecule has 0 aliphatic heterocycles. The summed E-state index contributed by atoms with van der Waals surface area (Å²) in [6.07, 6.45) is 0. The van der Waals surface area contributed by atoms with E-state index in [1.54, 1.807) is 9.58 Å². The van der Waals surface area contributed by atoms with E-state index in [-0.39, 0.29) is 5.91 Å². The van der Waals surface area contributed by atoms with Gasteiger partial charge < -0.3 is 4.90 Å². The molecule has 0 unspecified atom stereocenters. The van der Waals surface area contributed by atoms with E-state index in [1.807, 2.05) is 58.2 Å². The maximum Gasteiger partial charge on any atom is 0.262 e. The van der Waals surface area contributed by atoms with Crippen molar-refractivity contribution in [1.82, 2.24) is 9.78 Å². The topological polar surface area (TPSA) is 38.1 Å². The highest BCUT2D eigenvalue weighted by Gasteiger charge is 2.22. The van der Waals surface area contributed by atoms with Crippen molar-refractivity contribution in [2.45, 2.75) is 20.8 Å². The van der Waals surface area contributed by atoms with Gasteiger partial charge in [-0.1, -0.05) is 18.2 Å². The number of nitrogens with zero attached hydrogens (tertiary/aromatic N) is 3. The van der Waals surface area contributed by atoms with Crippen LogP contribution in [0.25, 0.3) is 0 Å². The van der Waals surface area contributed by atoms with Crippen molar-refractivity contribution in [2.75, 3.05) is 11.4 Å². The number of amides is 1. The molecule has 4 nitrogen and oxygen atoms in total. The number of para-hydroxylation sites is 1. The number of hydrogen-bond donors (Lipinski definition) is 0. The molecule has 100 valence electrons. The van der Waals surface area contributed by atoms with Gasteiger partial charge in [0.25, 0.3) is 5.91 Å². The number of carbonyl (C=O) groups is 1. The van der Waals surface area contributed by atoms with Crippen molar-refractivity contribution in [2.24, 2.45) is 7.05 Å². The first kappa shape index (κ1) is 13.3. The monoisotopic (exact) mass is 257 g/mol. The average molecular weight is 257 g/mol. The minimum absolute atomic E-state index is 0.0109. The lowest BCUT2D eigenvalue weighted by Crippen LogP contribution is -2.31. The Kier molecular flexibility index (Phi) is 3.69. The van der Waals surface area contributed by atoms with Crippen molar-refractivity contribution in [3.05, 3.63) is 47.3 Å². The molecule has 4 heteroatoms. The molecule has 1 aromatic carbocycles. The van der Waals surface area contributed by atoms with Gasteiger partial charge in [-0.05, 0) is 32.9 Å². The molecule has 0 saturated heterocycles. The van der Waals surface area contributed by atoms with Crippen LogP contribution in [0.5, 0.6) is 0 Å². The Labute approximate surface area is 113 Å². The Hall–Kier alpha value is -2.10. The Balaban J connectivity index is 2.42. The fourth-order valence-electron chi connectivity index (χ4n) is 2.27. The number of hydrogen-bond acceptors (Lipinski definition) is 2. The fourth-order valence-corrected chi connectivity index (χ4v) is 2.27. The quantitative estimate of drug-likeness (QED) is 0.848. The van der Waals surface area contributed by atoms with E-state index in [4.69, 9.17) is 0 Å². The summed E-state index contributed by atoms with van der Waals surface area (Å²) in [5.74, 6) is 0.0109. The van der Waals surface area contributed by atoms with Gasteiger partial charge in [-0.2, -0.15) is 5.10 Å². The molecule has 0 atom stereocenters. The Morgan fingerprint density at radius 3 is 2.37 bits per heavy atom. The molecule has 0 bridgehead atoms. The van der Waals surface area contributed by atoms with Crippen LogP contribution in [0.4, 0.5) is 5.69 Å². The van der Waals surface area contributed by atoms with E-state index in [9.17, 15) is 4.79 Å². The van der Waals surface area contributed by atoms with Gasteiger partial charge in [-0.15, -0.1) is 0 Å². The second kappa shape index (κ2) is 5.26. The van der Waals surface area contributed by atoms with Crippen molar-refractivity contribution < 1.29 is 4.79 Å². The molecule has 0 radical (unpaired) electrons. The third kappa shape index (κ3) is 2.38. The second-order valence-corrected chi connectivity index (χ2v) is 4.55. The van der Waals surface area contributed by atoms with Crippen LogP contribution in [0.15, 0.2) is 30.3 Å². The number of aromatic nitrogens is 2. The van der Waals surface area contributed by atoms with Crippen LogP contribution in [0.2, 0.25) is 0 Å². The molecular weight excluding hydrogens is 238 g/mol. The zero-order valence-corrected chi connectivity index (χ0v) is 11.8. The predicted molar refractivity (Wildman–Crippen MR) is 76.5 cm³/mol. The summed E-state index contributed by atoms with van der Waals surface area (Å²) in [5.41, 5.74) is 3.29. The lowest BCUT2D eigenvalue weighted by atomic mass is 10.1. The maximum absolute atomic E-state index is 12.7. The first-order chi connectivity index (χ1) is 9.06. The van der Waals surface area contributed by atoms with Crippen LogP contribution in [0, 0.1) is 13.8 Å². The van der Waals surface area contributed by atoms with Gasteiger partial charge in [0.05, 0.1) is 11.3 Å². The highest BCUT2D eigenvalue weighted by Crippen LogP contribution is 2.20. The van der Waals surface area contributed by atoms with Crippen LogP contribution in [-0.4, -0.2) is 22.2 Å². The molecule has 0 N–H and O–H groups in total. The number of benzene rings is 1. The number of carbonyl (C=O) groups excluding carboxylic acids is 1. The molecule has 0 fully saturated rings. The van der Waals surface area contributed by atoms with E-state index in [0.717, 1.165) is 17.1 Å². The molecule has 1 heterocycles. The molecule has 0 aliphatic carbocycles. The summed E-state index contributed by atoms with van der Waals surface area (Å²) < 4.78 is 1.75. The Morgan fingerprint density at radius 2 is 1.89 bits per heavy atom. The highest BCUT2D eigenvalue weighted by molar-refractivity contribution is 6.07. The molecular formula is C15H19N3O. The van der Waals surface area contributed by atoms with Gasteiger partial charge in [-0.25, -0.2) is 0 Å². The van der Waals surface area contributed by atoms with Crippen molar-refractivity contribution >= 4 is 11.6 Å². The minimum atomic E-state index is 0.0109. The van der Waals surface area contributed by atoms with E-state index in [2.05, 4.69) is 5.10 Å². The van der Waals surface area contributed by atoms with Crippen molar-refractivity contribution in [1.29, 1.82) is 0 Å². The van der Waals surface area contributed by atoms with Crippen LogP contribution >= 0.6 is 0 Å². The summed E-state index contributed by atoms with van der Waals surface area (Å²) in [4.78, 5) is 14.5. The van der Waals surface area contributed by atoms with E-state index >= 15 is 0 Å². The molecule has 0 aliphatic rings. The number of rotatable bonds is 3. The highest BCUT2D eigenvalue weighted by atomic mass is 16.2. The van der Waals surface area contributed by atoms with Gasteiger partial charge in [0.1, 0.15) is 0 Å². The van der Waals surface area contributed by atoms with Gasteiger partial charge in [-0.3, -0.25) is 9.48 Å². The second-order valence-electron chi connectivity index (χ2n) is 4.55. The summed E-state index contributed by atoms with van der Waals surface area (Å²) in [6.45, 7) is 6.41. The Bertz CT molecular complexity index is 587. The molecule has 19 heavy (non-hydrogen) atoms. The van der Waals surface area contributed by atoms with E-state index < -0.39 is 0 Å². The zero-order valence-electron chi connectivity index (χ0n) is 11.8. The number of anilines is 1. The first-order valence-corrected chi connectivity index (χ1v) is 6.43. The van der Waals surface area contributed by atoms with Gasteiger partial charge in [0.15, 0.2) is 0 Å². The van der Waals surface area contributed by atoms with E-state index in [1.165, 1.54) is 0 Å². The Morgan fingerprint density at radius 1 is 1.26 bits per heavy atom. The molecule has 2 aromatic rings. The summed E-state index contributed by atoms with van der Waals surface area (Å²) in [7, 11) is 1.86. The molecule has 1 aromatic heterocycles. The van der Waals surface area contributed by atoms with Crippen LogP contribution < -0.4 is 4.90 Å². The van der Waals surface area contributed by atoms with Crippen LogP contribution in [0.3, 0.4) is 0 Å². The molecule has 0 spiro atoms. The van der Waals surface area contributed by atoms with Crippen LogP contribution in [0.1, 0.15) is 28.7 Å². The van der Waals surface area contributed by atoms with Gasteiger partial charge in [0.2, 0.25) is 0 Å². The molecule has 1 amide bonds. The normalized spacial score (nSPS) is 10.5. The maximum atomic E-state index is 12.7. The minimum Gasteiger partial charge on any atom is -0.309 e. The third-order valence-electron chi connectivity index (χ3n) is 3.35. The van der Waals surface area contributed by atoms with Crippen LogP contribution in [-0.2, 0) is 7.05 Å². The van der Waals surface area contributed by atoms with Gasteiger partial charge in [0, 0.05) is 25.0 Å². The van der Waals surface area contributed by atoms with E-state index in [0.29, 0.717) is 12.1 Å². The predicted octanol–water partition coefficient (Wildman–Crippen LogP) is 2.70. The summed E-state index contributed by atoms with van der Waals surface area (Å²) >= 11 is 0. The lowest BCUT2D eigenvalue weighted by molar-refractivity contribution is 0.0987. The SMILES string of the molecule is CCN(C(=O)c1c(C)nn(C)c1C)c1ccccc1. The van der Waals surface area contributed by atoms with Gasteiger partial charge >= 0.3 is 0 Å². The smallest absolute Gasteiger partial charge is 0.262 e. The lowest BCUT2D eigenvalue weighted by Gasteiger charge is -2.21. The zero-order chi connectivity index (χ0) is 14.0. The molecule has 2 rings (SSSR count). The van der Waals surface area contributed by atoms with Crippen molar-refractivity contribution in [3.63, 3.8) is 0 Å². The fraction of sp³-hybridized carbons (Fsp3) is 0.333. The third-order valence-corrected chi connectivity index (χ3v) is 3.35. The summed E-state index contributed by atoms with van der Waals surface area (Å²) in [5, 5.41) is 4.31. The standard InChI is InChI=1S/C15H19N3O/c1-5-18(13-9-7-6-8-10-13)15(19)14-11(2)16-17(4)12(14)3/h6-10H,5H2,1-4H3. The van der Waals surface area contributed by atoms with Crippen molar-refractivity contribution in [3.8, 4) is 0 Å². The largest absolute Gasteiger partial charge is 0.309 e. The average Bonchev–Trinajstić information content (AvgIpc) is 2.65. The number of aryl methyl sites for hydroxylation is 2. The summed E-state index contributed by atoms with van der Waals surface area (Å²) in [6, 6.07) is 9.72. The molecule has 0 saturated carbocycles. The first-order valence-electron chi connectivity index (χ1n) is 6.43.